The lowest BCUT2D eigenvalue weighted by Crippen LogP contribution is -2.50. The molecule has 0 aliphatic carbocycles. The predicted molar refractivity (Wildman–Crippen MR) is 100 cm³/mol. The van der Waals surface area contributed by atoms with E-state index in [1.807, 2.05) is 0 Å². The molecule has 3 rings (SSSR count). The van der Waals surface area contributed by atoms with E-state index in [1.54, 1.807) is 0 Å². The number of nitrogens with one attached hydrogen (secondary N) is 1. The first-order valence-electron chi connectivity index (χ1n) is 8.72. The number of hydroxylamine groups is 1. The third kappa shape index (κ3) is 4.23. The molecule has 1 aliphatic heterocycles. The van der Waals surface area contributed by atoms with E-state index >= 15 is 0 Å². The number of ether oxygens (including phenoxy) is 2. The number of aromatic nitrogens is 1. The van der Waals surface area contributed by atoms with Crippen molar-refractivity contribution in [3.63, 3.8) is 0 Å². The van der Waals surface area contributed by atoms with Crippen molar-refractivity contribution in [1.82, 2.24) is 10.0 Å². The summed E-state index contributed by atoms with van der Waals surface area (Å²) in [4.78, 5) is 24.3. The number of rotatable bonds is 6. The van der Waals surface area contributed by atoms with Crippen molar-refractivity contribution in [3.05, 3.63) is 46.6 Å². The molecule has 1 aliphatic rings. The SMILES string of the molecule is CC(CCn1cc(F)c(-c2ccc3c(c2)OC(F)(F)O3)cc1=O)(C(=O)NO)S(C)(=O)=O. The van der Waals surface area contributed by atoms with E-state index in [4.69, 9.17) is 5.21 Å². The van der Waals surface area contributed by atoms with Gasteiger partial charge in [-0.2, -0.15) is 0 Å². The monoisotopic (exact) mass is 462 g/mol. The smallest absolute Gasteiger partial charge is 0.395 e. The molecular weight excluding hydrogens is 445 g/mol. The van der Waals surface area contributed by atoms with Crippen molar-refractivity contribution < 1.29 is 41.1 Å². The third-order valence-corrected chi connectivity index (χ3v) is 7.05. The minimum Gasteiger partial charge on any atom is -0.395 e. The first-order valence-corrected chi connectivity index (χ1v) is 10.6. The third-order valence-electron chi connectivity index (χ3n) is 5.02. The molecular formula is C18H17F3N2O7S. The van der Waals surface area contributed by atoms with Gasteiger partial charge < -0.3 is 14.0 Å². The van der Waals surface area contributed by atoms with Crippen LogP contribution in [-0.2, 0) is 21.2 Å². The quantitative estimate of drug-likeness (QED) is 0.494. The van der Waals surface area contributed by atoms with Crippen LogP contribution in [0.15, 0.2) is 35.3 Å². The Labute approximate surface area is 173 Å². The fraction of sp³-hybridized carbons (Fsp3) is 0.333. The number of amides is 1. The lowest BCUT2D eigenvalue weighted by atomic mass is 10.0. The molecule has 1 unspecified atom stereocenters. The summed E-state index contributed by atoms with van der Waals surface area (Å²) in [5.74, 6) is -2.68. The molecule has 2 heterocycles. The van der Waals surface area contributed by atoms with E-state index in [1.165, 1.54) is 11.5 Å². The second kappa shape index (κ2) is 7.57. The first kappa shape index (κ1) is 22.6. The van der Waals surface area contributed by atoms with Gasteiger partial charge >= 0.3 is 6.29 Å². The van der Waals surface area contributed by atoms with Crippen molar-refractivity contribution in [1.29, 1.82) is 0 Å². The Kier molecular flexibility index (Phi) is 5.52. The molecule has 9 nitrogen and oxygen atoms in total. The number of hydrogen-bond donors (Lipinski definition) is 2. The van der Waals surface area contributed by atoms with Crippen LogP contribution in [0, 0.1) is 5.82 Å². The molecule has 1 atom stereocenters. The van der Waals surface area contributed by atoms with Crippen LogP contribution in [-0.4, -0.2) is 41.4 Å². The minimum atomic E-state index is -4.00. The fourth-order valence-corrected chi connectivity index (χ4v) is 3.82. The lowest BCUT2D eigenvalue weighted by Gasteiger charge is -2.25. The summed E-state index contributed by atoms with van der Waals surface area (Å²) < 4.78 is 72.3. The van der Waals surface area contributed by atoms with E-state index in [0.29, 0.717) is 0 Å². The van der Waals surface area contributed by atoms with Gasteiger partial charge in [-0.3, -0.25) is 14.8 Å². The number of nitrogens with zero attached hydrogens (tertiary/aromatic N) is 1. The average Bonchev–Trinajstić information content (AvgIpc) is 2.99. The molecule has 1 aromatic heterocycles. The maximum Gasteiger partial charge on any atom is 0.586 e. The summed E-state index contributed by atoms with van der Waals surface area (Å²) in [6.45, 7) is 0.701. The number of hydrogen-bond acceptors (Lipinski definition) is 7. The molecule has 13 heteroatoms. The summed E-state index contributed by atoms with van der Waals surface area (Å²) in [5.41, 5.74) is 0.405. The molecule has 0 fully saturated rings. The summed E-state index contributed by atoms with van der Waals surface area (Å²) in [7, 11) is -4.00. The van der Waals surface area contributed by atoms with Gasteiger partial charge in [-0.05, 0) is 31.0 Å². The molecule has 1 amide bonds. The second-order valence-electron chi connectivity index (χ2n) is 7.09. The number of alkyl halides is 2. The number of carbonyl (C=O) groups excluding carboxylic acids is 1. The Balaban J connectivity index is 1.90. The van der Waals surface area contributed by atoms with Crippen molar-refractivity contribution in [2.24, 2.45) is 0 Å². The second-order valence-corrected chi connectivity index (χ2v) is 9.54. The van der Waals surface area contributed by atoms with Gasteiger partial charge in [0.25, 0.3) is 11.5 Å². The highest BCUT2D eigenvalue weighted by molar-refractivity contribution is 7.92. The number of fused-ring (bicyclic) bond motifs is 1. The zero-order chi connectivity index (χ0) is 23.2. The van der Waals surface area contributed by atoms with E-state index in [9.17, 15) is 31.2 Å². The molecule has 0 spiro atoms. The van der Waals surface area contributed by atoms with Gasteiger partial charge in [0.2, 0.25) is 0 Å². The maximum atomic E-state index is 14.7. The standard InChI is InChI=1S/C18H17F3N2O7S/c1-17(16(25)22-26,31(2,27)28)5-6-23-9-12(19)11(8-15(23)24)10-3-4-13-14(7-10)30-18(20,21)29-13/h3-4,7-9,26H,5-6H2,1-2H3,(H,22,25). The van der Waals surface area contributed by atoms with Crippen LogP contribution < -0.4 is 20.5 Å². The van der Waals surface area contributed by atoms with E-state index in [2.05, 4.69) is 9.47 Å². The van der Waals surface area contributed by atoms with Crippen LogP contribution in [0.1, 0.15) is 13.3 Å². The molecule has 0 saturated carbocycles. The molecule has 2 aromatic rings. The Bertz CT molecular complexity index is 1210. The Hall–Kier alpha value is -3.06. The van der Waals surface area contributed by atoms with Crippen LogP contribution in [0.4, 0.5) is 13.2 Å². The highest BCUT2D eigenvalue weighted by Gasteiger charge is 2.44. The number of sulfone groups is 1. The van der Waals surface area contributed by atoms with Crippen molar-refractivity contribution in [3.8, 4) is 22.6 Å². The van der Waals surface area contributed by atoms with E-state index < -0.39 is 44.6 Å². The van der Waals surface area contributed by atoms with Gasteiger partial charge in [-0.1, -0.05) is 6.07 Å². The highest BCUT2D eigenvalue weighted by Crippen LogP contribution is 2.43. The van der Waals surface area contributed by atoms with Crippen LogP contribution in [0.25, 0.3) is 11.1 Å². The highest BCUT2D eigenvalue weighted by atomic mass is 32.2. The maximum absolute atomic E-state index is 14.7. The van der Waals surface area contributed by atoms with Crippen LogP contribution >= 0.6 is 0 Å². The van der Waals surface area contributed by atoms with E-state index in [0.717, 1.165) is 42.1 Å². The topological polar surface area (TPSA) is 124 Å². The fourth-order valence-electron chi connectivity index (χ4n) is 2.98. The van der Waals surface area contributed by atoms with Gasteiger partial charge in [0.05, 0.1) is 0 Å². The molecule has 31 heavy (non-hydrogen) atoms. The molecule has 1 aromatic carbocycles. The number of pyridine rings is 1. The molecule has 0 radical (unpaired) electrons. The van der Waals surface area contributed by atoms with Crippen molar-refractivity contribution >= 4 is 15.7 Å². The van der Waals surface area contributed by atoms with Crippen LogP contribution in [0.3, 0.4) is 0 Å². The summed E-state index contributed by atoms with van der Waals surface area (Å²) in [6, 6.07) is 4.39. The van der Waals surface area contributed by atoms with Crippen LogP contribution in [0.5, 0.6) is 11.5 Å². The number of benzene rings is 1. The molecule has 0 saturated heterocycles. The van der Waals surface area contributed by atoms with Gasteiger partial charge in [-0.25, -0.2) is 18.3 Å². The Morgan fingerprint density at radius 2 is 1.90 bits per heavy atom. The minimum absolute atomic E-state index is 0.0717. The average molecular weight is 462 g/mol. The molecule has 2 N–H and O–H groups in total. The Morgan fingerprint density at radius 1 is 1.26 bits per heavy atom. The van der Waals surface area contributed by atoms with Crippen molar-refractivity contribution in [2.75, 3.05) is 6.26 Å². The van der Waals surface area contributed by atoms with Gasteiger partial charge in [0.1, 0.15) is 5.82 Å². The van der Waals surface area contributed by atoms with Crippen LogP contribution in [0.2, 0.25) is 0 Å². The molecule has 168 valence electrons. The van der Waals surface area contributed by atoms with Gasteiger partial charge in [0.15, 0.2) is 26.1 Å². The zero-order valence-electron chi connectivity index (χ0n) is 16.2. The van der Waals surface area contributed by atoms with E-state index in [-0.39, 0.29) is 29.2 Å². The first-order chi connectivity index (χ1) is 14.3. The largest absolute Gasteiger partial charge is 0.586 e. The summed E-state index contributed by atoms with van der Waals surface area (Å²) in [6.07, 6.45) is -2.69. The van der Waals surface area contributed by atoms with Gasteiger partial charge in [-0.15, -0.1) is 8.78 Å². The normalized spacial score (nSPS) is 16.6. The number of halogens is 3. The molecule has 0 bridgehead atoms. The summed E-state index contributed by atoms with van der Waals surface area (Å²) in [5, 5.41) is 8.83. The zero-order valence-corrected chi connectivity index (χ0v) is 17.0. The predicted octanol–water partition coefficient (Wildman–Crippen LogP) is 1.67. The summed E-state index contributed by atoms with van der Waals surface area (Å²) >= 11 is 0. The Morgan fingerprint density at radius 3 is 2.52 bits per heavy atom. The van der Waals surface area contributed by atoms with Crippen molar-refractivity contribution in [2.45, 2.75) is 30.9 Å². The number of carbonyl (C=O) groups is 1. The van der Waals surface area contributed by atoms with Gasteiger partial charge in [0, 0.05) is 30.6 Å². The number of aryl methyl sites for hydroxylation is 1. The lowest BCUT2D eigenvalue weighted by molar-refractivity contribution is -0.286.